The van der Waals surface area contributed by atoms with Crippen molar-refractivity contribution in [1.82, 2.24) is 14.9 Å². The summed E-state index contributed by atoms with van der Waals surface area (Å²) in [5.41, 5.74) is 5.92. The number of thiocarbonyl (C=S) groups is 1. The van der Waals surface area contributed by atoms with Crippen molar-refractivity contribution >= 4 is 52.1 Å². The van der Waals surface area contributed by atoms with Gasteiger partial charge < -0.3 is 19.5 Å². The summed E-state index contributed by atoms with van der Waals surface area (Å²) in [5, 5.41) is 15.8. The Hall–Kier alpha value is -4.38. The second-order valence-electron chi connectivity index (χ2n) is 10.3. The number of pyridine rings is 1. The van der Waals surface area contributed by atoms with E-state index >= 15 is 0 Å². The van der Waals surface area contributed by atoms with E-state index < -0.39 is 4.92 Å². The van der Waals surface area contributed by atoms with Crippen LogP contribution in [0.3, 0.4) is 0 Å². The van der Waals surface area contributed by atoms with Crippen LogP contribution < -0.4 is 15.0 Å². The lowest BCUT2D eigenvalue weighted by molar-refractivity contribution is -0.384. The van der Waals surface area contributed by atoms with Gasteiger partial charge in [-0.1, -0.05) is 29.4 Å². The molecule has 1 N–H and O–H groups in total. The molecule has 1 aliphatic heterocycles. The number of anilines is 1. The monoisotopic (exact) mass is 641 g/mol. The maximum atomic E-state index is 11.0. The molecule has 0 spiro atoms. The largest absolute Gasteiger partial charge is 0.495 e. The van der Waals surface area contributed by atoms with E-state index in [0.717, 1.165) is 49.6 Å². The van der Waals surface area contributed by atoms with E-state index in [9.17, 15) is 10.1 Å². The Morgan fingerprint density at radius 1 is 1.00 bits per heavy atom. The average molecular weight is 642 g/mol. The van der Waals surface area contributed by atoms with Crippen molar-refractivity contribution in [2.75, 3.05) is 12.0 Å². The van der Waals surface area contributed by atoms with E-state index in [1.807, 2.05) is 48.5 Å². The lowest BCUT2D eigenvalue weighted by atomic mass is 9.96. The Morgan fingerprint density at radius 2 is 1.70 bits per heavy atom. The third kappa shape index (κ3) is 5.63. The Labute approximate surface area is 269 Å². The second kappa shape index (κ2) is 12.3. The number of hydrogen-bond donors (Lipinski definition) is 1. The number of methoxy groups -OCH3 is 1. The van der Waals surface area contributed by atoms with E-state index in [4.69, 9.17) is 33.5 Å². The molecule has 1 saturated heterocycles. The summed E-state index contributed by atoms with van der Waals surface area (Å²) in [6, 6.07) is 28.0. The summed E-state index contributed by atoms with van der Waals surface area (Å²) in [5.74, 6) is 0.724. The second-order valence-corrected chi connectivity index (χ2v) is 12.3. The molecule has 8 nitrogen and oxygen atoms in total. The quantitative estimate of drug-likeness (QED) is 0.103. The molecule has 0 radical (unpaired) electrons. The number of nitrogens with zero attached hydrogens (tertiary/aromatic N) is 4. The van der Waals surface area contributed by atoms with Crippen LogP contribution in [0.1, 0.15) is 34.7 Å². The molecule has 1 aliphatic rings. The Morgan fingerprint density at radius 3 is 2.34 bits per heavy atom. The summed E-state index contributed by atoms with van der Waals surface area (Å²) in [6.07, 6.45) is 1.80. The van der Waals surface area contributed by atoms with Gasteiger partial charge in [-0.25, -0.2) is 0 Å². The van der Waals surface area contributed by atoms with E-state index in [-0.39, 0.29) is 17.8 Å². The van der Waals surface area contributed by atoms with E-state index in [2.05, 4.69) is 46.8 Å². The highest BCUT2D eigenvalue weighted by molar-refractivity contribution is 7.99. The molecule has 44 heavy (non-hydrogen) atoms. The molecule has 11 heteroatoms. The van der Waals surface area contributed by atoms with Crippen molar-refractivity contribution in [1.29, 1.82) is 0 Å². The third-order valence-electron chi connectivity index (χ3n) is 7.67. The van der Waals surface area contributed by atoms with Crippen molar-refractivity contribution in [2.45, 2.75) is 35.7 Å². The van der Waals surface area contributed by atoms with Gasteiger partial charge >= 0.3 is 0 Å². The topological polar surface area (TPSA) is 85.5 Å². The van der Waals surface area contributed by atoms with Gasteiger partial charge in [0.25, 0.3) is 5.69 Å². The summed E-state index contributed by atoms with van der Waals surface area (Å²) < 4.78 is 7.87. The first-order chi connectivity index (χ1) is 21.2. The Balaban J connectivity index is 1.39. The molecular formula is C33H28ClN5O3S2. The number of aryl methyl sites for hydroxylation is 1. The summed E-state index contributed by atoms with van der Waals surface area (Å²) in [6.45, 7) is 4.17. The van der Waals surface area contributed by atoms with Crippen LogP contribution in [-0.4, -0.2) is 26.7 Å². The molecule has 1 fully saturated rings. The lowest BCUT2D eigenvalue weighted by Gasteiger charge is -2.28. The molecule has 0 saturated carbocycles. The average Bonchev–Trinajstić information content (AvgIpc) is 3.52. The first-order valence-corrected chi connectivity index (χ1v) is 15.4. The molecule has 3 heterocycles. The minimum Gasteiger partial charge on any atom is -0.495 e. The van der Waals surface area contributed by atoms with E-state index in [1.165, 1.54) is 23.9 Å². The maximum absolute atomic E-state index is 11.0. The zero-order valence-electron chi connectivity index (χ0n) is 24.1. The number of nitro benzene ring substituents is 1. The van der Waals surface area contributed by atoms with Crippen molar-refractivity contribution < 1.29 is 9.66 Å². The normalized spacial score (nSPS) is 16.2. The molecule has 2 aromatic heterocycles. The predicted octanol–water partition coefficient (Wildman–Crippen LogP) is 8.39. The zero-order chi connectivity index (χ0) is 31.0. The number of aromatic nitrogens is 2. The van der Waals surface area contributed by atoms with Gasteiger partial charge in [-0.2, -0.15) is 0 Å². The summed E-state index contributed by atoms with van der Waals surface area (Å²) >= 11 is 13.9. The lowest BCUT2D eigenvalue weighted by Crippen LogP contribution is -2.29. The molecule has 0 amide bonds. The molecule has 0 bridgehead atoms. The third-order valence-corrected chi connectivity index (χ3v) is 9.23. The van der Waals surface area contributed by atoms with Crippen LogP contribution in [0.4, 0.5) is 11.4 Å². The Kier molecular flexibility index (Phi) is 8.31. The van der Waals surface area contributed by atoms with Gasteiger partial charge in [0.05, 0.1) is 35.5 Å². The fraction of sp³-hybridized carbons (Fsp3) is 0.152. The maximum Gasteiger partial charge on any atom is 0.269 e. The van der Waals surface area contributed by atoms with E-state index in [1.54, 1.807) is 25.4 Å². The van der Waals surface area contributed by atoms with Crippen LogP contribution in [-0.2, 0) is 0 Å². The van der Waals surface area contributed by atoms with Gasteiger partial charge in [0, 0.05) is 50.2 Å². The number of rotatable bonds is 8. The number of ether oxygens (including phenoxy) is 1. The molecule has 6 rings (SSSR count). The van der Waals surface area contributed by atoms with Crippen molar-refractivity contribution in [2.24, 2.45) is 0 Å². The van der Waals surface area contributed by atoms with Gasteiger partial charge in [-0.05, 0) is 104 Å². The highest BCUT2D eigenvalue weighted by atomic mass is 35.5. The summed E-state index contributed by atoms with van der Waals surface area (Å²) in [4.78, 5) is 19.4. The molecule has 2 atom stereocenters. The number of nitrogens with one attached hydrogen (secondary N) is 1. The van der Waals surface area contributed by atoms with Gasteiger partial charge in [0.15, 0.2) is 5.11 Å². The van der Waals surface area contributed by atoms with Gasteiger partial charge in [0.2, 0.25) is 0 Å². The number of non-ortho nitro benzene ring substituents is 1. The number of halogens is 1. The minimum atomic E-state index is -0.395. The van der Waals surface area contributed by atoms with Crippen molar-refractivity contribution in [3.05, 3.63) is 135 Å². The zero-order valence-corrected chi connectivity index (χ0v) is 26.5. The van der Waals surface area contributed by atoms with Crippen LogP contribution in [0, 0.1) is 24.0 Å². The van der Waals surface area contributed by atoms with Gasteiger partial charge in [0.1, 0.15) is 5.75 Å². The molecule has 222 valence electrons. The molecule has 3 aromatic carbocycles. The standard InChI is InChI=1S/C33H28ClN5O3S2/c1-20-18-27(21(2)37(20)29-19-22(34)7-16-30(29)42-3)32-31(28-6-4-5-17-35-28)36-33(43)38(32)23-8-12-25(13-9-23)44-26-14-10-24(11-15-26)39(40)41/h4-19,31-32H,1-3H3,(H,36,43). The number of nitro groups is 1. The first-order valence-electron chi connectivity index (χ1n) is 13.8. The fourth-order valence-corrected chi connectivity index (χ4v) is 7.02. The Bertz CT molecular complexity index is 1850. The molecule has 0 aliphatic carbocycles. The van der Waals surface area contributed by atoms with E-state index in [0.29, 0.717) is 10.1 Å². The molecule has 5 aromatic rings. The van der Waals surface area contributed by atoms with Crippen LogP contribution in [0.2, 0.25) is 5.02 Å². The molecular weight excluding hydrogens is 614 g/mol. The van der Waals surface area contributed by atoms with Crippen molar-refractivity contribution in [3.63, 3.8) is 0 Å². The minimum absolute atomic E-state index is 0.0708. The van der Waals surface area contributed by atoms with Crippen LogP contribution in [0.15, 0.2) is 107 Å². The first kappa shape index (κ1) is 29.7. The van der Waals surface area contributed by atoms with Crippen LogP contribution in [0.25, 0.3) is 5.69 Å². The number of hydrogen-bond acceptors (Lipinski definition) is 6. The smallest absolute Gasteiger partial charge is 0.269 e. The summed E-state index contributed by atoms with van der Waals surface area (Å²) in [7, 11) is 1.66. The van der Waals surface area contributed by atoms with Crippen molar-refractivity contribution in [3.8, 4) is 11.4 Å². The highest BCUT2D eigenvalue weighted by Gasteiger charge is 2.42. The molecule has 2 unspecified atom stereocenters. The van der Waals surface area contributed by atoms with Gasteiger partial charge in [-0.3, -0.25) is 15.1 Å². The fourth-order valence-electron chi connectivity index (χ4n) is 5.69. The predicted molar refractivity (Wildman–Crippen MR) is 178 cm³/mol. The van der Waals surface area contributed by atoms with Gasteiger partial charge in [-0.15, -0.1) is 0 Å². The number of benzene rings is 3. The highest BCUT2D eigenvalue weighted by Crippen LogP contribution is 2.45. The van der Waals surface area contributed by atoms with Crippen LogP contribution >= 0.6 is 35.6 Å². The van der Waals surface area contributed by atoms with Crippen LogP contribution in [0.5, 0.6) is 5.75 Å². The SMILES string of the molecule is COc1ccc(Cl)cc1-n1c(C)cc(C2C(c3ccccn3)NC(=S)N2c2ccc(Sc3ccc([N+](=O)[O-])cc3)cc2)c1C.